The fourth-order valence-electron chi connectivity index (χ4n) is 0.865. The first kappa shape index (κ1) is 8.34. The summed E-state index contributed by atoms with van der Waals surface area (Å²) in [6.45, 7) is 0. The van der Waals surface area contributed by atoms with Gasteiger partial charge in [-0.2, -0.15) is 0 Å². The van der Waals surface area contributed by atoms with Gasteiger partial charge in [-0.05, 0) is 20.9 Å². The van der Waals surface area contributed by atoms with Crippen molar-refractivity contribution in [3.05, 3.63) is 0 Å². The van der Waals surface area contributed by atoms with Crippen LogP contribution < -0.4 is 9.68 Å². The molecule has 0 atom stereocenters. The summed E-state index contributed by atoms with van der Waals surface area (Å²) >= 11 is 0. The van der Waals surface area contributed by atoms with Crippen LogP contribution in [0.4, 0.5) is 0 Å². The predicted molar refractivity (Wildman–Crippen MR) is 39.6 cm³/mol. The minimum atomic E-state index is 0.249. The van der Waals surface area contributed by atoms with Crippen LogP contribution in [-0.2, 0) is 0 Å². The van der Waals surface area contributed by atoms with Gasteiger partial charge in [0.2, 0.25) is 0 Å². The summed E-state index contributed by atoms with van der Waals surface area (Å²) in [7, 11) is 2.83. The highest BCUT2D eigenvalue weighted by Crippen LogP contribution is 2.07. The Hall–Kier alpha value is -2.26. The van der Waals surface area contributed by atoms with E-state index in [4.69, 9.17) is 9.68 Å². The Morgan fingerprint density at radius 2 is 1.29 bits per heavy atom. The molecule has 14 heavy (non-hydrogen) atoms. The van der Waals surface area contributed by atoms with Gasteiger partial charge in [0.15, 0.2) is 0 Å². The number of tetrazole rings is 2. The highest BCUT2D eigenvalue weighted by atomic mass is 16.7. The number of aromatic nitrogens is 8. The lowest BCUT2D eigenvalue weighted by Gasteiger charge is -2.00. The highest BCUT2D eigenvalue weighted by Gasteiger charge is 2.17. The summed E-state index contributed by atoms with van der Waals surface area (Å²) in [4.78, 5) is 11.8. The number of nitrogens with zero attached hydrogens (tertiary/aromatic N) is 8. The largest absolute Gasteiger partial charge is 0.397 e. The van der Waals surface area contributed by atoms with Crippen LogP contribution in [0.5, 0.6) is 0 Å². The molecule has 0 aliphatic carbocycles. The Morgan fingerprint density at radius 1 is 0.857 bits per heavy atom. The molecule has 74 valence electrons. The molecule has 10 heteroatoms. The van der Waals surface area contributed by atoms with Gasteiger partial charge in [0, 0.05) is 0 Å². The minimum absolute atomic E-state index is 0.249. The number of rotatable bonds is 3. The molecule has 0 fully saturated rings. The summed E-state index contributed by atoms with van der Waals surface area (Å²) in [5, 5.41) is 21.2. The van der Waals surface area contributed by atoms with Crippen molar-refractivity contribution in [3.63, 3.8) is 0 Å². The molecule has 2 heterocycles. The van der Waals surface area contributed by atoms with Gasteiger partial charge in [-0.25, -0.2) is 0 Å². The van der Waals surface area contributed by atoms with E-state index in [1.165, 1.54) is 14.2 Å². The van der Waals surface area contributed by atoms with Crippen LogP contribution >= 0.6 is 0 Å². The average molecular weight is 198 g/mol. The maximum Gasteiger partial charge on any atom is 0.264 e. The second-order valence-corrected chi connectivity index (χ2v) is 2.12. The molecule has 0 saturated carbocycles. The molecule has 2 aromatic heterocycles. The Morgan fingerprint density at radius 3 is 1.64 bits per heavy atom. The monoisotopic (exact) mass is 198 g/mol. The summed E-state index contributed by atoms with van der Waals surface area (Å²) in [5.74, 6) is 0.499. The third-order valence-corrected chi connectivity index (χ3v) is 1.43. The second kappa shape index (κ2) is 3.24. The lowest BCUT2D eigenvalue weighted by atomic mass is 10.6. The molecule has 0 amide bonds. The molecular weight excluding hydrogens is 192 g/mol. The molecule has 0 radical (unpaired) electrons. The Kier molecular flexibility index (Phi) is 1.93. The molecule has 0 aliphatic rings. The van der Waals surface area contributed by atoms with E-state index in [1.54, 1.807) is 0 Å². The molecule has 0 saturated heterocycles. The lowest BCUT2D eigenvalue weighted by molar-refractivity contribution is 0.119. The van der Waals surface area contributed by atoms with Gasteiger partial charge in [-0.3, -0.25) is 0 Å². The zero-order chi connectivity index (χ0) is 9.97. The first-order chi connectivity index (χ1) is 6.86. The van der Waals surface area contributed by atoms with Gasteiger partial charge in [-0.1, -0.05) is 9.69 Å². The third-order valence-electron chi connectivity index (χ3n) is 1.43. The maximum absolute atomic E-state index is 4.82. The summed E-state index contributed by atoms with van der Waals surface area (Å²) < 4.78 is 0. The smallest absolute Gasteiger partial charge is 0.264 e. The van der Waals surface area contributed by atoms with Crippen LogP contribution in [0, 0.1) is 0 Å². The van der Waals surface area contributed by atoms with E-state index in [0.717, 1.165) is 9.69 Å². The summed E-state index contributed by atoms with van der Waals surface area (Å²) in [6.07, 6.45) is 0. The first-order valence-corrected chi connectivity index (χ1v) is 3.53. The average Bonchev–Trinajstić information content (AvgIpc) is 2.85. The fraction of sp³-hybridized carbons (Fsp3) is 0.500. The lowest BCUT2D eigenvalue weighted by Crippen LogP contribution is -2.15. The van der Waals surface area contributed by atoms with E-state index in [1.807, 2.05) is 0 Å². The van der Waals surface area contributed by atoms with Crippen LogP contribution in [0.1, 0.15) is 0 Å². The zero-order valence-corrected chi connectivity index (χ0v) is 7.39. The van der Waals surface area contributed by atoms with Crippen LogP contribution in [0.2, 0.25) is 0 Å². The van der Waals surface area contributed by atoms with Crippen molar-refractivity contribution >= 4 is 0 Å². The molecule has 2 aromatic rings. The Balaban J connectivity index is 2.48. The number of hydrogen-bond acceptors (Lipinski definition) is 8. The minimum Gasteiger partial charge on any atom is -0.397 e. The molecule has 0 spiro atoms. The Labute approximate surface area is 77.3 Å². The zero-order valence-electron chi connectivity index (χ0n) is 7.39. The molecule has 0 bridgehead atoms. The normalized spacial score (nSPS) is 10.1. The van der Waals surface area contributed by atoms with Crippen molar-refractivity contribution in [2.45, 2.75) is 0 Å². The standard InChI is InChI=1S/C4H6N8O2/c1-13-11-3(5-7-9-11)4-6-8-10-12(4)14-2/h1-2H3. The summed E-state index contributed by atoms with van der Waals surface area (Å²) in [6, 6.07) is 0. The van der Waals surface area contributed by atoms with Crippen molar-refractivity contribution in [1.82, 2.24) is 40.7 Å². The molecule has 2 rings (SSSR count). The van der Waals surface area contributed by atoms with Crippen molar-refractivity contribution in [1.29, 1.82) is 0 Å². The Bertz CT molecular complexity index is 380. The maximum atomic E-state index is 4.82. The van der Waals surface area contributed by atoms with Gasteiger partial charge in [0.05, 0.1) is 0 Å². The van der Waals surface area contributed by atoms with Gasteiger partial charge in [0.25, 0.3) is 11.6 Å². The molecule has 0 aromatic carbocycles. The molecular formula is C4H6N8O2. The van der Waals surface area contributed by atoms with Crippen molar-refractivity contribution in [2.75, 3.05) is 14.2 Å². The van der Waals surface area contributed by atoms with E-state index in [9.17, 15) is 0 Å². The van der Waals surface area contributed by atoms with Crippen molar-refractivity contribution in [3.8, 4) is 11.6 Å². The quantitative estimate of drug-likeness (QED) is 0.530. The number of hydrogen-bond donors (Lipinski definition) is 0. The summed E-state index contributed by atoms with van der Waals surface area (Å²) in [5.41, 5.74) is 0. The van der Waals surface area contributed by atoms with E-state index in [2.05, 4.69) is 31.1 Å². The molecule has 0 unspecified atom stereocenters. The highest BCUT2D eigenvalue weighted by molar-refractivity contribution is 5.39. The van der Waals surface area contributed by atoms with Crippen molar-refractivity contribution < 1.29 is 9.68 Å². The fourth-order valence-corrected chi connectivity index (χ4v) is 0.865. The molecule has 0 aliphatic heterocycles. The van der Waals surface area contributed by atoms with E-state index in [-0.39, 0.29) is 11.6 Å². The molecule has 0 N–H and O–H groups in total. The van der Waals surface area contributed by atoms with Gasteiger partial charge < -0.3 is 9.68 Å². The van der Waals surface area contributed by atoms with Crippen LogP contribution in [0.3, 0.4) is 0 Å². The third kappa shape index (κ3) is 1.12. The SMILES string of the molecule is COn1nnnc1-c1nnnn1OC. The topological polar surface area (TPSA) is 106 Å². The van der Waals surface area contributed by atoms with Crippen LogP contribution in [0.25, 0.3) is 11.6 Å². The van der Waals surface area contributed by atoms with Gasteiger partial charge in [0.1, 0.15) is 14.2 Å². The van der Waals surface area contributed by atoms with Crippen LogP contribution in [0.15, 0.2) is 0 Å². The van der Waals surface area contributed by atoms with E-state index < -0.39 is 0 Å². The first-order valence-electron chi connectivity index (χ1n) is 3.53. The van der Waals surface area contributed by atoms with E-state index >= 15 is 0 Å². The predicted octanol–water partition coefficient (Wildman–Crippen LogP) is -2.56. The van der Waals surface area contributed by atoms with Gasteiger partial charge in [-0.15, -0.1) is 10.2 Å². The van der Waals surface area contributed by atoms with Gasteiger partial charge >= 0.3 is 0 Å². The van der Waals surface area contributed by atoms with Crippen molar-refractivity contribution in [2.24, 2.45) is 0 Å². The van der Waals surface area contributed by atoms with Crippen LogP contribution in [-0.4, -0.2) is 55.0 Å². The van der Waals surface area contributed by atoms with E-state index in [0.29, 0.717) is 0 Å². The molecule has 10 nitrogen and oxygen atoms in total. The second-order valence-electron chi connectivity index (χ2n) is 2.12.